The molecule has 1 aliphatic carbocycles. The Hall–Kier alpha value is -0.860. The van der Waals surface area contributed by atoms with Crippen molar-refractivity contribution in [1.82, 2.24) is 4.90 Å². The number of nitrogens with two attached hydrogens (primary N) is 1. The first kappa shape index (κ1) is 12.2. The molecule has 2 aliphatic rings. The molecule has 1 aliphatic heterocycles. The average Bonchev–Trinajstić information content (AvgIpc) is 2.69. The maximum atomic E-state index is 6.50. The topological polar surface area (TPSA) is 29.3 Å². The summed E-state index contributed by atoms with van der Waals surface area (Å²) >= 11 is 0. The second kappa shape index (κ2) is 5.02. The van der Waals surface area contributed by atoms with Crippen molar-refractivity contribution >= 4 is 0 Å². The quantitative estimate of drug-likeness (QED) is 0.865. The maximum absolute atomic E-state index is 6.50. The number of rotatable bonds is 2. The van der Waals surface area contributed by atoms with Crippen molar-refractivity contribution in [3.63, 3.8) is 0 Å². The number of benzene rings is 1. The molecule has 2 N–H and O–H groups in total. The van der Waals surface area contributed by atoms with Crippen LogP contribution in [0.4, 0.5) is 0 Å². The van der Waals surface area contributed by atoms with Gasteiger partial charge in [0.1, 0.15) is 0 Å². The van der Waals surface area contributed by atoms with Gasteiger partial charge in [0.25, 0.3) is 0 Å². The Bertz CT molecular complexity index is 380. The predicted octanol–water partition coefficient (Wildman–Crippen LogP) is 2.36. The molecule has 2 heteroatoms. The van der Waals surface area contributed by atoms with Crippen LogP contribution in [0, 0.1) is 0 Å². The lowest BCUT2D eigenvalue weighted by Gasteiger charge is -2.31. The van der Waals surface area contributed by atoms with E-state index in [2.05, 4.69) is 29.2 Å². The van der Waals surface area contributed by atoms with Crippen LogP contribution >= 0.6 is 0 Å². The van der Waals surface area contributed by atoms with Crippen LogP contribution in [0.3, 0.4) is 0 Å². The van der Waals surface area contributed by atoms with E-state index in [1.807, 2.05) is 0 Å². The van der Waals surface area contributed by atoms with Crippen LogP contribution in [0.5, 0.6) is 0 Å². The first-order valence-corrected chi connectivity index (χ1v) is 7.33. The summed E-state index contributed by atoms with van der Waals surface area (Å²) in [5.41, 5.74) is 9.69. The van der Waals surface area contributed by atoms with Gasteiger partial charge < -0.3 is 10.6 Å². The molecular weight excluding hydrogens is 220 g/mol. The summed E-state index contributed by atoms with van der Waals surface area (Å²) in [5.74, 6) is 0. The van der Waals surface area contributed by atoms with Gasteiger partial charge in [-0.3, -0.25) is 0 Å². The fourth-order valence-electron chi connectivity index (χ4n) is 3.55. The average molecular weight is 244 g/mol. The molecule has 98 valence electrons. The van der Waals surface area contributed by atoms with Gasteiger partial charge >= 0.3 is 0 Å². The van der Waals surface area contributed by atoms with Gasteiger partial charge in [-0.2, -0.15) is 0 Å². The Morgan fingerprint density at radius 1 is 1.00 bits per heavy atom. The van der Waals surface area contributed by atoms with E-state index >= 15 is 0 Å². The third-order valence-electron chi connectivity index (χ3n) is 4.65. The summed E-state index contributed by atoms with van der Waals surface area (Å²) in [6.45, 7) is 3.45. The molecule has 0 aromatic heterocycles. The van der Waals surface area contributed by atoms with Crippen LogP contribution in [0.25, 0.3) is 0 Å². The lowest BCUT2D eigenvalue weighted by molar-refractivity contribution is 0.217. The fraction of sp³-hybridized carbons (Fsp3) is 0.625. The zero-order valence-electron chi connectivity index (χ0n) is 11.2. The molecule has 0 bridgehead atoms. The summed E-state index contributed by atoms with van der Waals surface area (Å²) in [6, 6.07) is 8.89. The first-order valence-electron chi connectivity index (χ1n) is 7.33. The van der Waals surface area contributed by atoms with Crippen molar-refractivity contribution in [1.29, 1.82) is 0 Å². The summed E-state index contributed by atoms with van der Waals surface area (Å²) in [6.07, 6.45) is 7.46. The molecule has 0 spiro atoms. The molecule has 0 saturated heterocycles. The summed E-state index contributed by atoms with van der Waals surface area (Å²) < 4.78 is 0. The third-order valence-corrected chi connectivity index (χ3v) is 4.65. The summed E-state index contributed by atoms with van der Waals surface area (Å²) in [4.78, 5) is 2.59. The zero-order valence-corrected chi connectivity index (χ0v) is 11.2. The van der Waals surface area contributed by atoms with Crippen LogP contribution in [-0.2, 0) is 12.8 Å². The molecule has 1 aromatic rings. The highest BCUT2D eigenvalue weighted by molar-refractivity contribution is 5.28. The molecular formula is C16H24N2. The van der Waals surface area contributed by atoms with E-state index in [0.717, 1.165) is 6.54 Å². The fourth-order valence-corrected chi connectivity index (χ4v) is 3.55. The monoisotopic (exact) mass is 244 g/mol. The smallest absolute Gasteiger partial charge is 0.0283 e. The van der Waals surface area contributed by atoms with Gasteiger partial charge in [-0.1, -0.05) is 37.1 Å². The molecule has 0 amide bonds. The lowest BCUT2D eigenvalue weighted by Crippen LogP contribution is -2.48. The van der Waals surface area contributed by atoms with Gasteiger partial charge in [-0.15, -0.1) is 0 Å². The van der Waals surface area contributed by atoms with Gasteiger partial charge in [-0.05, 0) is 36.8 Å². The second-order valence-electron chi connectivity index (χ2n) is 6.11. The Labute approximate surface area is 110 Å². The summed E-state index contributed by atoms with van der Waals surface area (Å²) in [5, 5.41) is 0. The summed E-state index contributed by atoms with van der Waals surface area (Å²) in [7, 11) is 0. The van der Waals surface area contributed by atoms with Crippen molar-refractivity contribution in [2.24, 2.45) is 5.73 Å². The van der Waals surface area contributed by atoms with Gasteiger partial charge in [-0.25, -0.2) is 0 Å². The number of hydrogen-bond donors (Lipinski definition) is 1. The van der Waals surface area contributed by atoms with E-state index in [0.29, 0.717) is 0 Å². The van der Waals surface area contributed by atoms with E-state index in [4.69, 9.17) is 5.73 Å². The van der Waals surface area contributed by atoms with Crippen molar-refractivity contribution in [3.05, 3.63) is 35.4 Å². The zero-order chi connectivity index (χ0) is 12.4. The highest BCUT2D eigenvalue weighted by Gasteiger charge is 2.31. The maximum Gasteiger partial charge on any atom is 0.0283 e. The van der Waals surface area contributed by atoms with Crippen molar-refractivity contribution in [2.75, 3.05) is 19.6 Å². The SMILES string of the molecule is NC1(CN2CCc3ccccc3CC2)CCCC1. The standard InChI is InChI=1S/C16H24N2/c17-16(9-3-4-10-16)13-18-11-7-14-5-1-2-6-15(14)8-12-18/h1-2,5-6H,3-4,7-13,17H2. The molecule has 0 radical (unpaired) electrons. The largest absolute Gasteiger partial charge is 0.324 e. The molecule has 18 heavy (non-hydrogen) atoms. The molecule has 0 atom stereocenters. The molecule has 1 heterocycles. The van der Waals surface area contributed by atoms with Crippen LogP contribution in [0.2, 0.25) is 0 Å². The first-order chi connectivity index (χ1) is 8.75. The van der Waals surface area contributed by atoms with Crippen molar-refractivity contribution < 1.29 is 0 Å². The minimum atomic E-state index is 0.108. The van der Waals surface area contributed by atoms with Gasteiger partial charge in [0.15, 0.2) is 0 Å². The lowest BCUT2D eigenvalue weighted by atomic mass is 9.98. The van der Waals surface area contributed by atoms with Crippen molar-refractivity contribution in [3.8, 4) is 0 Å². The number of nitrogens with zero attached hydrogens (tertiary/aromatic N) is 1. The van der Waals surface area contributed by atoms with Crippen LogP contribution in [0.1, 0.15) is 36.8 Å². The molecule has 1 aromatic carbocycles. The Morgan fingerprint density at radius 2 is 1.56 bits per heavy atom. The van der Waals surface area contributed by atoms with Gasteiger partial charge in [0.2, 0.25) is 0 Å². The highest BCUT2D eigenvalue weighted by atomic mass is 15.1. The minimum absolute atomic E-state index is 0.108. The van der Waals surface area contributed by atoms with Gasteiger partial charge in [0, 0.05) is 25.2 Å². The Balaban J connectivity index is 1.64. The van der Waals surface area contributed by atoms with E-state index in [9.17, 15) is 0 Å². The minimum Gasteiger partial charge on any atom is -0.324 e. The van der Waals surface area contributed by atoms with Crippen LogP contribution in [-0.4, -0.2) is 30.1 Å². The van der Waals surface area contributed by atoms with E-state index in [1.165, 1.54) is 62.7 Å². The Kier molecular flexibility index (Phi) is 3.40. The molecule has 2 nitrogen and oxygen atoms in total. The molecule has 1 saturated carbocycles. The molecule has 3 rings (SSSR count). The van der Waals surface area contributed by atoms with E-state index < -0.39 is 0 Å². The van der Waals surface area contributed by atoms with E-state index in [1.54, 1.807) is 0 Å². The van der Waals surface area contributed by atoms with Crippen molar-refractivity contribution in [2.45, 2.75) is 44.1 Å². The Morgan fingerprint density at radius 3 is 2.11 bits per heavy atom. The van der Waals surface area contributed by atoms with Crippen LogP contribution < -0.4 is 5.73 Å². The number of fused-ring (bicyclic) bond motifs is 1. The molecule has 0 unspecified atom stereocenters. The second-order valence-corrected chi connectivity index (χ2v) is 6.11. The van der Waals surface area contributed by atoms with Gasteiger partial charge in [0.05, 0.1) is 0 Å². The van der Waals surface area contributed by atoms with Crippen LogP contribution in [0.15, 0.2) is 24.3 Å². The predicted molar refractivity (Wildman–Crippen MR) is 75.7 cm³/mol. The van der Waals surface area contributed by atoms with E-state index in [-0.39, 0.29) is 5.54 Å². The third kappa shape index (κ3) is 2.60. The number of hydrogen-bond acceptors (Lipinski definition) is 2. The normalized spacial score (nSPS) is 23.6. The highest BCUT2D eigenvalue weighted by Crippen LogP contribution is 2.28. The molecule has 1 fully saturated rings.